The highest BCUT2D eigenvalue weighted by molar-refractivity contribution is 5.86. The predicted octanol–water partition coefficient (Wildman–Crippen LogP) is 7.29. The fourth-order valence-electron chi connectivity index (χ4n) is 4.25. The number of carbonyl (C=O) groups is 5. The van der Waals surface area contributed by atoms with Crippen LogP contribution in [0.1, 0.15) is 103 Å². The Hall–Kier alpha value is -4.47. The predicted molar refractivity (Wildman–Crippen MR) is 170 cm³/mol. The SMILES string of the molecule is CC(C)=CCCC(=CCCC(C)=CCCC(C)=CCc1cc(OC(=O)CCC(=O)O)cc(C)c1OC(=O)CCC(=O)O)C(=O)O. The molecule has 0 bridgehead atoms. The van der Waals surface area contributed by atoms with E-state index in [0.717, 1.165) is 30.4 Å². The van der Waals surface area contributed by atoms with Crippen LogP contribution < -0.4 is 9.47 Å². The van der Waals surface area contributed by atoms with E-state index in [9.17, 15) is 29.1 Å². The van der Waals surface area contributed by atoms with Crippen LogP contribution in [0.4, 0.5) is 0 Å². The Morgan fingerprint density at radius 1 is 0.644 bits per heavy atom. The lowest BCUT2D eigenvalue weighted by Crippen LogP contribution is -2.13. The molecule has 1 aromatic rings. The zero-order valence-corrected chi connectivity index (χ0v) is 26.9. The molecule has 1 aromatic carbocycles. The molecule has 0 aromatic heterocycles. The number of aliphatic carboxylic acids is 3. The smallest absolute Gasteiger partial charge is 0.331 e. The molecule has 3 N–H and O–H groups in total. The second-order valence-corrected chi connectivity index (χ2v) is 11.2. The van der Waals surface area contributed by atoms with Crippen molar-refractivity contribution in [3.05, 3.63) is 69.9 Å². The van der Waals surface area contributed by atoms with Crippen molar-refractivity contribution in [1.29, 1.82) is 0 Å². The molecule has 0 saturated heterocycles. The first kappa shape index (κ1) is 38.6. The van der Waals surface area contributed by atoms with Gasteiger partial charge in [-0.3, -0.25) is 19.2 Å². The van der Waals surface area contributed by atoms with Gasteiger partial charge in [-0.05, 0) is 97.3 Å². The molecule has 10 heteroatoms. The molecule has 246 valence electrons. The number of carboxylic acids is 3. The minimum absolute atomic E-state index is 0.185. The Morgan fingerprint density at radius 3 is 1.73 bits per heavy atom. The molecule has 0 aliphatic heterocycles. The van der Waals surface area contributed by atoms with Gasteiger partial charge in [-0.2, -0.15) is 0 Å². The third kappa shape index (κ3) is 17.4. The van der Waals surface area contributed by atoms with Gasteiger partial charge in [0.25, 0.3) is 0 Å². The molecule has 0 aliphatic rings. The van der Waals surface area contributed by atoms with Gasteiger partial charge in [-0.1, -0.05) is 41.0 Å². The third-order valence-corrected chi connectivity index (χ3v) is 6.73. The summed E-state index contributed by atoms with van der Waals surface area (Å²) >= 11 is 0. The average molecular weight is 627 g/mol. The van der Waals surface area contributed by atoms with Crippen molar-refractivity contribution < 1.29 is 48.8 Å². The van der Waals surface area contributed by atoms with Crippen molar-refractivity contribution in [1.82, 2.24) is 0 Å². The molecule has 0 aliphatic carbocycles. The Balaban J connectivity index is 2.93. The largest absolute Gasteiger partial charge is 0.481 e. The molecule has 1 rings (SSSR count). The van der Waals surface area contributed by atoms with Crippen LogP contribution in [0.5, 0.6) is 11.5 Å². The summed E-state index contributed by atoms with van der Waals surface area (Å²) in [6.45, 7) is 9.64. The number of hydrogen-bond donors (Lipinski definition) is 3. The van der Waals surface area contributed by atoms with E-state index < -0.39 is 29.8 Å². The summed E-state index contributed by atoms with van der Waals surface area (Å²) in [4.78, 5) is 57.6. The van der Waals surface area contributed by atoms with Crippen molar-refractivity contribution in [2.45, 2.75) is 105 Å². The van der Waals surface area contributed by atoms with Gasteiger partial charge in [0.05, 0.1) is 25.7 Å². The maximum atomic E-state index is 12.3. The fourth-order valence-corrected chi connectivity index (χ4v) is 4.25. The van der Waals surface area contributed by atoms with Crippen LogP contribution in [0, 0.1) is 6.92 Å². The first-order valence-corrected chi connectivity index (χ1v) is 15.0. The minimum atomic E-state index is -1.12. The van der Waals surface area contributed by atoms with Gasteiger partial charge < -0.3 is 24.8 Å². The van der Waals surface area contributed by atoms with Gasteiger partial charge in [0.1, 0.15) is 11.5 Å². The zero-order chi connectivity index (χ0) is 33.9. The summed E-state index contributed by atoms with van der Waals surface area (Å²) in [5.74, 6) is -4.08. The fraction of sp³-hybridized carbons (Fsp3) is 0.457. The summed E-state index contributed by atoms with van der Waals surface area (Å²) in [7, 11) is 0. The lowest BCUT2D eigenvalue weighted by Gasteiger charge is -2.15. The van der Waals surface area contributed by atoms with E-state index in [-0.39, 0.29) is 37.2 Å². The van der Waals surface area contributed by atoms with Crippen molar-refractivity contribution in [2.75, 3.05) is 0 Å². The van der Waals surface area contributed by atoms with Crippen LogP contribution in [0.25, 0.3) is 0 Å². The van der Waals surface area contributed by atoms with E-state index in [2.05, 4.69) is 6.08 Å². The van der Waals surface area contributed by atoms with Gasteiger partial charge in [-0.15, -0.1) is 0 Å². The van der Waals surface area contributed by atoms with Crippen LogP contribution in [0.15, 0.2) is 58.7 Å². The van der Waals surface area contributed by atoms with Crippen molar-refractivity contribution in [3.8, 4) is 11.5 Å². The standard InChI is InChI=1S/C35H46O10/c1-23(2)9-6-13-27(35(42)43)14-8-12-24(3)10-7-11-25(4)15-16-28-22-29(44-32(40)19-17-30(36)37)21-26(5)34(28)45-33(41)20-18-31(38)39/h9-10,14-15,21-22H,6-8,11-13,16-20H2,1-5H3,(H,36,37)(H,38,39)(H,42,43). The van der Waals surface area contributed by atoms with E-state index in [1.165, 1.54) is 11.6 Å². The minimum Gasteiger partial charge on any atom is -0.481 e. The molecule has 0 amide bonds. The molecular formula is C35H46O10. The highest BCUT2D eigenvalue weighted by atomic mass is 16.5. The molecule has 0 atom stereocenters. The summed E-state index contributed by atoms with van der Waals surface area (Å²) < 4.78 is 10.8. The van der Waals surface area contributed by atoms with Crippen LogP contribution >= 0.6 is 0 Å². The molecule has 0 fully saturated rings. The number of allylic oxidation sites excluding steroid dienone is 7. The zero-order valence-electron chi connectivity index (χ0n) is 26.9. The average Bonchev–Trinajstić information content (AvgIpc) is 2.94. The number of benzene rings is 1. The second-order valence-electron chi connectivity index (χ2n) is 11.2. The lowest BCUT2D eigenvalue weighted by atomic mass is 10.0. The summed E-state index contributed by atoms with van der Waals surface area (Å²) in [5.41, 5.74) is 4.88. The molecular weight excluding hydrogens is 580 g/mol. The van der Waals surface area contributed by atoms with Crippen molar-refractivity contribution in [3.63, 3.8) is 0 Å². The molecule has 45 heavy (non-hydrogen) atoms. The summed E-state index contributed by atoms with van der Waals surface area (Å²) in [5, 5.41) is 27.2. The van der Waals surface area contributed by atoms with Gasteiger partial charge in [0.15, 0.2) is 0 Å². The van der Waals surface area contributed by atoms with Gasteiger partial charge in [0, 0.05) is 11.1 Å². The van der Waals surface area contributed by atoms with Crippen LogP contribution in [0.2, 0.25) is 0 Å². The molecule has 0 radical (unpaired) electrons. The molecule has 0 unspecified atom stereocenters. The number of carbonyl (C=O) groups excluding carboxylic acids is 2. The Kier molecular flexibility index (Phi) is 17.5. The highest BCUT2D eigenvalue weighted by Gasteiger charge is 2.17. The molecule has 0 spiro atoms. The van der Waals surface area contributed by atoms with Gasteiger partial charge >= 0.3 is 29.8 Å². The Morgan fingerprint density at radius 2 is 1.18 bits per heavy atom. The monoisotopic (exact) mass is 626 g/mol. The van der Waals surface area contributed by atoms with Crippen LogP contribution in [-0.2, 0) is 30.4 Å². The topological polar surface area (TPSA) is 164 Å². The molecule has 0 saturated carbocycles. The van der Waals surface area contributed by atoms with E-state index >= 15 is 0 Å². The van der Waals surface area contributed by atoms with Gasteiger partial charge in [0.2, 0.25) is 0 Å². The summed E-state index contributed by atoms with van der Waals surface area (Å²) in [6.07, 6.45) is 11.1. The number of carboxylic acid groups (broad SMARTS) is 3. The summed E-state index contributed by atoms with van der Waals surface area (Å²) in [6, 6.07) is 3.06. The van der Waals surface area contributed by atoms with E-state index in [1.54, 1.807) is 19.1 Å². The number of esters is 2. The van der Waals surface area contributed by atoms with Crippen LogP contribution in [-0.4, -0.2) is 45.2 Å². The van der Waals surface area contributed by atoms with Crippen molar-refractivity contribution in [2.24, 2.45) is 0 Å². The first-order valence-electron chi connectivity index (χ1n) is 15.0. The molecule has 0 heterocycles. The second kappa shape index (κ2) is 20.5. The number of aryl methyl sites for hydroxylation is 1. The first-order chi connectivity index (χ1) is 21.2. The number of ether oxygens (including phenoxy) is 2. The maximum Gasteiger partial charge on any atom is 0.331 e. The van der Waals surface area contributed by atoms with E-state index in [4.69, 9.17) is 19.7 Å². The maximum absolute atomic E-state index is 12.3. The van der Waals surface area contributed by atoms with Crippen LogP contribution in [0.3, 0.4) is 0 Å². The quantitative estimate of drug-likeness (QED) is 0.0579. The van der Waals surface area contributed by atoms with Crippen molar-refractivity contribution >= 4 is 29.8 Å². The third-order valence-electron chi connectivity index (χ3n) is 6.73. The highest BCUT2D eigenvalue weighted by Crippen LogP contribution is 2.31. The van der Waals surface area contributed by atoms with Gasteiger partial charge in [-0.25, -0.2) is 4.79 Å². The Bertz CT molecular complexity index is 1340. The van der Waals surface area contributed by atoms with E-state index in [1.807, 2.05) is 39.8 Å². The van der Waals surface area contributed by atoms with E-state index in [0.29, 0.717) is 42.4 Å². The molecule has 10 nitrogen and oxygen atoms in total. The Labute approximate surface area is 265 Å². The lowest BCUT2D eigenvalue weighted by molar-refractivity contribution is -0.142. The number of hydrogen-bond acceptors (Lipinski definition) is 7. The number of rotatable bonds is 20. The normalized spacial score (nSPS) is 12.0.